The minimum Gasteiger partial charge on any atom is -0.314 e. The van der Waals surface area contributed by atoms with Crippen molar-refractivity contribution in [2.24, 2.45) is 0 Å². The zero-order chi connectivity index (χ0) is 13.7. The maximum atomic E-state index is 12.0. The summed E-state index contributed by atoms with van der Waals surface area (Å²) in [7, 11) is -3.31. The Morgan fingerprint density at radius 1 is 1.42 bits per heavy atom. The Morgan fingerprint density at radius 3 is 2.84 bits per heavy atom. The van der Waals surface area contributed by atoms with E-state index in [-0.39, 0.29) is 5.75 Å². The molecule has 19 heavy (non-hydrogen) atoms. The van der Waals surface area contributed by atoms with Gasteiger partial charge < -0.3 is 5.32 Å². The van der Waals surface area contributed by atoms with Crippen LogP contribution in [0.25, 0.3) is 0 Å². The molecule has 0 saturated carbocycles. The van der Waals surface area contributed by atoms with Crippen LogP contribution >= 0.6 is 0 Å². The van der Waals surface area contributed by atoms with Crippen molar-refractivity contribution in [2.75, 3.05) is 43.2 Å². The first-order chi connectivity index (χ1) is 9.07. The van der Waals surface area contributed by atoms with Gasteiger partial charge in [-0.05, 0) is 18.6 Å². The van der Waals surface area contributed by atoms with E-state index in [1.54, 1.807) is 12.3 Å². The third kappa shape index (κ3) is 4.45. The van der Waals surface area contributed by atoms with Gasteiger partial charge in [0.25, 0.3) is 0 Å². The third-order valence-electron chi connectivity index (χ3n) is 3.19. The summed E-state index contributed by atoms with van der Waals surface area (Å²) in [4.78, 5) is 6.09. The highest BCUT2D eigenvalue weighted by molar-refractivity contribution is 7.92. The number of aryl methyl sites for hydroxylation is 1. The van der Waals surface area contributed by atoms with Crippen molar-refractivity contribution < 1.29 is 8.42 Å². The van der Waals surface area contributed by atoms with Crippen LogP contribution in [0.1, 0.15) is 5.56 Å². The van der Waals surface area contributed by atoms with Gasteiger partial charge in [0, 0.05) is 38.9 Å². The van der Waals surface area contributed by atoms with Gasteiger partial charge in [0.05, 0.1) is 17.6 Å². The standard InChI is InChI=1S/C12H20N4O2S/c1-11-2-3-14-10-12(11)15-19(17,18)9-8-16-6-4-13-5-7-16/h2-3,10,13,15H,4-9H2,1H3. The predicted octanol–water partition coefficient (Wildman–Crippen LogP) is 0.0369. The number of rotatable bonds is 5. The molecule has 1 aromatic heterocycles. The summed E-state index contributed by atoms with van der Waals surface area (Å²) in [6.45, 7) is 6.08. The predicted molar refractivity (Wildman–Crippen MR) is 75.7 cm³/mol. The number of hydrogen-bond acceptors (Lipinski definition) is 5. The van der Waals surface area contributed by atoms with Crippen molar-refractivity contribution in [2.45, 2.75) is 6.92 Å². The monoisotopic (exact) mass is 284 g/mol. The number of hydrogen-bond donors (Lipinski definition) is 2. The largest absolute Gasteiger partial charge is 0.314 e. The highest BCUT2D eigenvalue weighted by Crippen LogP contribution is 2.13. The first kappa shape index (κ1) is 14.2. The minimum absolute atomic E-state index is 0.112. The molecule has 2 heterocycles. The normalized spacial score (nSPS) is 17.3. The van der Waals surface area contributed by atoms with E-state index in [0.717, 1.165) is 31.7 Å². The van der Waals surface area contributed by atoms with Crippen molar-refractivity contribution in [1.82, 2.24) is 15.2 Å². The van der Waals surface area contributed by atoms with Gasteiger partial charge in [0.2, 0.25) is 10.0 Å². The fourth-order valence-electron chi connectivity index (χ4n) is 1.97. The van der Waals surface area contributed by atoms with Gasteiger partial charge in [-0.1, -0.05) is 0 Å². The van der Waals surface area contributed by atoms with Crippen LogP contribution in [-0.4, -0.2) is 56.8 Å². The molecule has 2 N–H and O–H groups in total. The first-order valence-corrected chi connectivity index (χ1v) is 8.06. The molecule has 6 nitrogen and oxygen atoms in total. The number of nitrogens with zero attached hydrogens (tertiary/aromatic N) is 2. The summed E-state index contributed by atoms with van der Waals surface area (Å²) < 4.78 is 26.6. The van der Waals surface area contributed by atoms with E-state index < -0.39 is 10.0 Å². The molecule has 0 aliphatic carbocycles. The molecule has 1 aliphatic rings. The average Bonchev–Trinajstić information content (AvgIpc) is 2.40. The Bertz CT molecular complexity index is 512. The molecule has 0 bridgehead atoms. The smallest absolute Gasteiger partial charge is 0.234 e. The molecule has 1 aromatic rings. The van der Waals surface area contributed by atoms with Gasteiger partial charge in [-0.2, -0.15) is 0 Å². The molecule has 7 heteroatoms. The van der Waals surface area contributed by atoms with Crippen molar-refractivity contribution >= 4 is 15.7 Å². The van der Waals surface area contributed by atoms with Crippen molar-refractivity contribution in [3.8, 4) is 0 Å². The van der Waals surface area contributed by atoms with E-state index in [1.165, 1.54) is 6.20 Å². The summed E-state index contributed by atoms with van der Waals surface area (Å²) >= 11 is 0. The molecular weight excluding hydrogens is 264 g/mol. The quantitative estimate of drug-likeness (QED) is 0.798. The molecule has 0 unspecified atom stereocenters. The SMILES string of the molecule is Cc1ccncc1NS(=O)(=O)CCN1CCNCC1. The van der Waals surface area contributed by atoms with Crippen molar-refractivity contribution in [3.05, 3.63) is 24.0 Å². The second-order valence-electron chi connectivity index (χ2n) is 4.70. The second-order valence-corrected chi connectivity index (χ2v) is 6.55. The average molecular weight is 284 g/mol. The van der Waals surface area contributed by atoms with Crippen LogP contribution in [-0.2, 0) is 10.0 Å². The van der Waals surface area contributed by atoms with Gasteiger partial charge in [-0.25, -0.2) is 8.42 Å². The van der Waals surface area contributed by atoms with Gasteiger partial charge in [-0.15, -0.1) is 0 Å². The van der Waals surface area contributed by atoms with Crippen LogP contribution in [0.4, 0.5) is 5.69 Å². The molecule has 1 aliphatic heterocycles. The maximum absolute atomic E-state index is 12.0. The van der Waals surface area contributed by atoms with E-state index in [0.29, 0.717) is 12.2 Å². The molecule has 106 valence electrons. The molecule has 2 rings (SSSR count). The Morgan fingerprint density at radius 2 is 2.16 bits per heavy atom. The zero-order valence-corrected chi connectivity index (χ0v) is 11.9. The van der Waals surface area contributed by atoms with Gasteiger partial charge in [0.15, 0.2) is 0 Å². The fraction of sp³-hybridized carbons (Fsp3) is 0.583. The van der Waals surface area contributed by atoms with Crippen LogP contribution in [0.2, 0.25) is 0 Å². The molecule has 0 amide bonds. The van der Waals surface area contributed by atoms with Crippen LogP contribution in [0.3, 0.4) is 0 Å². The lowest BCUT2D eigenvalue weighted by molar-refractivity contribution is 0.254. The van der Waals surface area contributed by atoms with Crippen LogP contribution in [0, 0.1) is 6.92 Å². The zero-order valence-electron chi connectivity index (χ0n) is 11.1. The summed E-state index contributed by atoms with van der Waals surface area (Å²) in [6, 6.07) is 1.79. The number of aromatic nitrogens is 1. The lowest BCUT2D eigenvalue weighted by Gasteiger charge is -2.26. The summed E-state index contributed by atoms with van der Waals surface area (Å²) in [5, 5.41) is 3.24. The number of nitrogens with one attached hydrogen (secondary N) is 2. The van der Waals surface area contributed by atoms with E-state index >= 15 is 0 Å². The summed E-state index contributed by atoms with van der Waals surface area (Å²) in [5.41, 5.74) is 1.43. The van der Waals surface area contributed by atoms with Crippen molar-refractivity contribution in [1.29, 1.82) is 0 Å². The van der Waals surface area contributed by atoms with Crippen LogP contribution in [0.5, 0.6) is 0 Å². The van der Waals surface area contributed by atoms with Crippen LogP contribution in [0.15, 0.2) is 18.5 Å². The van der Waals surface area contributed by atoms with E-state index in [9.17, 15) is 8.42 Å². The maximum Gasteiger partial charge on any atom is 0.234 e. The Balaban J connectivity index is 1.90. The number of sulfonamides is 1. The van der Waals surface area contributed by atoms with Gasteiger partial charge in [0.1, 0.15) is 0 Å². The second kappa shape index (κ2) is 6.31. The van der Waals surface area contributed by atoms with Crippen LogP contribution < -0.4 is 10.0 Å². The first-order valence-electron chi connectivity index (χ1n) is 6.41. The van der Waals surface area contributed by atoms with Gasteiger partial charge >= 0.3 is 0 Å². The highest BCUT2D eigenvalue weighted by Gasteiger charge is 2.16. The van der Waals surface area contributed by atoms with Gasteiger partial charge in [-0.3, -0.25) is 14.6 Å². The Hall–Kier alpha value is -1.18. The van der Waals surface area contributed by atoms with E-state index in [4.69, 9.17) is 0 Å². The molecule has 1 fully saturated rings. The number of pyridine rings is 1. The minimum atomic E-state index is -3.31. The Kier molecular flexibility index (Phi) is 4.73. The van der Waals surface area contributed by atoms with Crippen molar-refractivity contribution in [3.63, 3.8) is 0 Å². The number of anilines is 1. The molecule has 1 saturated heterocycles. The third-order valence-corrected chi connectivity index (χ3v) is 4.44. The molecule has 0 spiro atoms. The lowest BCUT2D eigenvalue weighted by atomic mass is 10.3. The van der Waals surface area contributed by atoms with E-state index in [2.05, 4.69) is 19.9 Å². The molecule has 0 atom stereocenters. The molecule has 0 radical (unpaired) electrons. The molecule has 0 aromatic carbocycles. The fourth-order valence-corrected chi connectivity index (χ4v) is 3.12. The number of piperazine rings is 1. The highest BCUT2D eigenvalue weighted by atomic mass is 32.2. The molecular formula is C12H20N4O2S. The summed E-state index contributed by atoms with van der Waals surface area (Å²) in [6.07, 6.45) is 3.19. The van der Waals surface area contributed by atoms with E-state index in [1.807, 2.05) is 6.92 Å². The summed E-state index contributed by atoms with van der Waals surface area (Å²) in [5.74, 6) is 0.112. The topological polar surface area (TPSA) is 74.3 Å². The lowest BCUT2D eigenvalue weighted by Crippen LogP contribution is -2.45. The Labute approximate surface area is 114 Å².